The predicted molar refractivity (Wildman–Crippen MR) is 82.3 cm³/mol. The smallest absolute Gasteiger partial charge is 0.217 e. The number of hydrogen-bond donors (Lipinski definition) is 0. The van der Waals surface area contributed by atoms with Crippen LogP contribution in [0, 0.1) is 6.92 Å². The monoisotopic (exact) mass is 299 g/mol. The molecule has 1 aromatic carbocycles. The topological polar surface area (TPSA) is 60.2 Å². The molecule has 2 aromatic rings. The van der Waals surface area contributed by atoms with Crippen molar-refractivity contribution in [2.45, 2.75) is 13.3 Å². The van der Waals surface area contributed by atoms with Gasteiger partial charge in [-0.1, -0.05) is 47.6 Å². The van der Waals surface area contributed by atoms with Gasteiger partial charge >= 0.3 is 0 Å². The van der Waals surface area contributed by atoms with E-state index in [2.05, 4.69) is 5.16 Å². The second-order valence-electron chi connectivity index (χ2n) is 4.73. The minimum Gasteiger partial charge on any atom is -0.360 e. The molecule has 1 aliphatic rings. The summed E-state index contributed by atoms with van der Waals surface area (Å²) in [4.78, 5) is 0.383. The van der Waals surface area contributed by atoms with Crippen molar-refractivity contribution in [2.24, 2.45) is 0 Å². The van der Waals surface area contributed by atoms with Crippen molar-refractivity contribution in [3.8, 4) is 11.3 Å². The lowest BCUT2D eigenvalue weighted by Gasteiger charge is -2.08. The second kappa shape index (κ2) is 5.54. The largest absolute Gasteiger partial charge is 0.360 e. The van der Waals surface area contributed by atoms with Crippen LogP contribution >= 0.6 is 0 Å². The maximum Gasteiger partial charge on any atom is 0.217 e. The van der Waals surface area contributed by atoms with Gasteiger partial charge in [-0.3, -0.25) is 0 Å². The first-order valence-electron chi connectivity index (χ1n) is 6.52. The van der Waals surface area contributed by atoms with E-state index in [-0.39, 0.29) is 0 Å². The molecule has 0 bridgehead atoms. The van der Waals surface area contributed by atoms with E-state index in [0.717, 1.165) is 28.2 Å². The van der Waals surface area contributed by atoms with E-state index in [9.17, 15) is 8.42 Å². The van der Waals surface area contributed by atoms with Gasteiger partial charge in [0.2, 0.25) is 10.3 Å². The quantitative estimate of drug-likeness (QED) is 0.800. The van der Waals surface area contributed by atoms with Gasteiger partial charge in [-0.05, 0) is 18.6 Å². The van der Waals surface area contributed by atoms with Crippen LogP contribution in [0.25, 0.3) is 16.8 Å². The number of nitrogens with zero attached hydrogens (tertiary/aromatic N) is 1. The first-order chi connectivity index (χ1) is 10.2. The van der Waals surface area contributed by atoms with E-state index >= 15 is 0 Å². The Labute approximate surface area is 123 Å². The third-order valence-corrected chi connectivity index (χ3v) is 4.12. The molecule has 0 atom stereocenters. The molecule has 0 saturated carbocycles. The average Bonchev–Trinajstić information content (AvgIpc) is 2.90. The summed E-state index contributed by atoms with van der Waals surface area (Å²) >= 11 is 0. The van der Waals surface area contributed by atoms with Crippen molar-refractivity contribution in [2.75, 3.05) is 0 Å². The molecule has 21 heavy (non-hydrogen) atoms. The summed E-state index contributed by atoms with van der Waals surface area (Å²) in [7, 11) is -2.16. The fourth-order valence-corrected chi connectivity index (χ4v) is 2.74. The van der Waals surface area contributed by atoms with Crippen LogP contribution in [0.2, 0.25) is 0 Å². The zero-order chi connectivity index (χ0) is 14.8. The van der Waals surface area contributed by atoms with E-state index in [0.29, 0.717) is 11.3 Å². The summed E-state index contributed by atoms with van der Waals surface area (Å²) < 4.78 is 27.2. The number of allylic oxidation sites excluding steroid dienone is 4. The molecule has 0 N–H and O–H groups in total. The average molecular weight is 299 g/mol. The van der Waals surface area contributed by atoms with Crippen LogP contribution in [0.4, 0.5) is 0 Å². The van der Waals surface area contributed by atoms with Crippen LogP contribution in [0.1, 0.15) is 17.7 Å². The van der Waals surface area contributed by atoms with Crippen molar-refractivity contribution in [1.29, 1.82) is 0 Å². The lowest BCUT2D eigenvalue weighted by molar-refractivity contribution is 0.399. The molecular formula is C16H13NO3S. The van der Waals surface area contributed by atoms with Gasteiger partial charge in [-0.15, -0.1) is 0 Å². The summed E-state index contributed by atoms with van der Waals surface area (Å²) in [5.74, 6) is 0.719. The lowest BCUT2D eigenvalue weighted by atomic mass is 9.95. The Morgan fingerprint density at radius 3 is 2.52 bits per heavy atom. The van der Waals surface area contributed by atoms with Gasteiger partial charge in [-0.25, -0.2) is 0 Å². The van der Waals surface area contributed by atoms with E-state index in [1.807, 2.05) is 43.3 Å². The van der Waals surface area contributed by atoms with Gasteiger partial charge in [0, 0.05) is 12.0 Å². The van der Waals surface area contributed by atoms with Gasteiger partial charge in [0.25, 0.3) is 0 Å². The minimum atomic E-state index is -2.16. The molecule has 0 amide bonds. The molecule has 0 radical (unpaired) electrons. The molecule has 0 saturated heterocycles. The Morgan fingerprint density at radius 1 is 1.14 bits per heavy atom. The van der Waals surface area contributed by atoms with Crippen LogP contribution in [0.3, 0.4) is 0 Å². The van der Waals surface area contributed by atoms with E-state index in [1.54, 1.807) is 12.2 Å². The first kappa shape index (κ1) is 13.6. The third kappa shape index (κ3) is 2.60. The van der Waals surface area contributed by atoms with Crippen LogP contribution in [0.5, 0.6) is 0 Å². The normalized spacial score (nSPS) is 14.1. The van der Waals surface area contributed by atoms with E-state index < -0.39 is 10.3 Å². The highest BCUT2D eigenvalue weighted by molar-refractivity contribution is 7.73. The Balaban J connectivity index is 2.08. The fraction of sp³-hybridized carbons (Fsp3) is 0.125. The van der Waals surface area contributed by atoms with Crippen molar-refractivity contribution < 1.29 is 12.9 Å². The third-order valence-electron chi connectivity index (χ3n) is 3.38. The maximum atomic E-state index is 11.0. The zero-order valence-electron chi connectivity index (χ0n) is 11.4. The highest BCUT2D eigenvalue weighted by atomic mass is 32.2. The SMILES string of the molecule is Cc1onc(-c2ccccc2)c1C1=CCC(=S(=O)=O)C=C1. The number of benzene rings is 1. The summed E-state index contributed by atoms with van der Waals surface area (Å²) in [6.45, 7) is 1.86. The molecular weight excluding hydrogens is 286 g/mol. The van der Waals surface area contributed by atoms with Gasteiger partial charge in [0.05, 0.1) is 10.4 Å². The summed E-state index contributed by atoms with van der Waals surface area (Å²) in [5.41, 5.74) is 3.59. The molecule has 1 aromatic heterocycles. The highest BCUT2D eigenvalue weighted by Gasteiger charge is 2.18. The minimum absolute atomic E-state index is 0.383. The van der Waals surface area contributed by atoms with Gasteiger partial charge in [-0.2, -0.15) is 8.42 Å². The predicted octanol–water partition coefficient (Wildman–Crippen LogP) is 3.04. The fourth-order valence-electron chi connectivity index (χ4n) is 2.34. The molecule has 0 fully saturated rings. The summed E-state index contributed by atoms with van der Waals surface area (Å²) in [5, 5.41) is 4.14. The van der Waals surface area contributed by atoms with Crippen LogP contribution < -0.4 is 0 Å². The molecule has 5 heteroatoms. The molecule has 3 rings (SSSR count). The zero-order valence-corrected chi connectivity index (χ0v) is 12.2. The molecule has 106 valence electrons. The first-order valence-corrected chi connectivity index (χ1v) is 7.59. The van der Waals surface area contributed by atoms with Crippen molar-refractivity contribution in [3.05, 3.63) is 59.9 Å². The van der Waals surface area contributed by atoms with E-state index in [1.165, 1.54) is 0 Å². The Morgan fingerprint density at radius 2 is 1.90 bits per heavy atom. The Bertz CT molecular complexity index is 864. The number of aromatic nitrogens is 1. The second-order valence-corrected chi connectivity index (χ2v) is 5.72. The molecule has 0 spiro atoms. The number of hydrogen-bond acceptors (Lipinski definition) is 4. The number of aryl methyl sites for hydroxylation is 1. The summed E-state index contributed by atoms with van der Waals surface area (Å²) in [6, 6.07) is 9.78. The van der Waals surface area contributed by atoms with Crippen molar-refractivity contribution in [1.82, 2.24) is 5.16 Å². The van der Waals surface area contributed by atoms with Gasteiger partial charge in [0.15, 0.2) is 0 Å². The standard InChI is InChI=1S/C16H13NO3S/c1-11-15(12-7-9-14(10-8-12)21(18)19)16(17-20-11)13-5-3-2-4-6-13/h2-9H,10H2,1H3. The highest BCUT2D eigenvalue weighted by Crippen LogP contribution is 2.32. The Hall–Kier alpha value is -2.40. The Kier molecular flexibility index (Phi) is 3.58. The molecule has 1 aliphatic carbocycles. The molecule has 0 unspecified atom stereocenters. The van der Waals surface area contributed by atoms with Crippen LogP contribution in [-0.2, 0) is 10.3 Å². The number of rotatable bonds is 2. The van der Waals surface area contributed by atoms with Crippen molar-refractivity contribution in [3.63, 3.8) is 0 Å². The summed E-state index contributed by atoms with van der Waals surface area (Å²) in [6.07, 6.45) is 5.69. The van der Waals surface area contributed by atoms with E-state index in [4.69, 9.17) is 4.52 Å². The van der Waals surface area contributed by atoms with Crippen molar-refractivity contribution >= 4 is 20.7 Å². The van der Waals surface area contributed by atoms with Crippen LogP contribution in [-0.4, -0.2) is 18.4 Å². The van der Waals surface area contributed by atoms with Gasteiger partial charge < -0.3 is 4.52 Å². The molecule has 1 heterocycles. The molecule has 4 nitrogen and oxygen atoms in total. The molecule has 0 aliphatic heterocycles. The van der Waals surface area contributed by atoms with Crippen LogP contribution in [0.15, 0.2) is 53.1 Å². The lowest BCUT2D eigenvalue weighted by Crippen LogP contribution is -1.99. The maximum absolute atomic E-state index is 11.0. The van der Waals surface area contributed by atoms with Gasteiger partial charge in [0.1, 0.15) is 11.5 Å².